The quantitative estimate of drug-likeness (QED) is 0.397. The minimum Gasteiger partial charge on any atom is -0.504 e. The molecule has 4 aromatic rings. The van der Waals surface area contributed by atoms with Crippen molar-refractivity contribution < 1.29 is 9.90 Å². The van der Waals surface area contributed by atoms with Crippen LogP contribution in [0, 0.1) is 0 Å². The van der Waals surface area contributed by atoms with Gasteiger partial charge in [0.05, 0.1) is 11.0 Å². The van der Waals surface area contributed by atoms with Crippen LogP contribution in [0.15, 0.2) is 42.5 Å². The summed E-state index contributed by atoms with van der Waals surface area (Å²) >= 11 is 0. The van der Waals surface area contributed by atoms with Crippen molar-refractivity contribution in [3.63, 3.8) is 0 Å². The van der Waals surface area contributed by atoms with Gasteiger partial charge in [-0.05, 0) is 49.7 Å². The maximum atomic E-state index is 11.4. The summed E-state index contributed by atoms with van der Waals surface area (Å²) < 4.78 is 0. The minimum absolute atomic E-state index is 0.0259. The topological polar surface area (TPSA) is 124 Å². The fourth-order valence-electron chi connectivity index (χ4n) is 4.13. The summed E-state index contributed by atoms with van der Waals surface area (Å²) in [4.78, 5) is 21.5. The van der Waals surface area contributed by atoms with Gasteiger partial charge in [0.15, 0.2) is 11.6 Å². The molecule has 0 spiro atoms. The van der Waals surface area contributed by atoms with Crippen molar-refractivity contribution in [1.82, 2.24) is 25.1 Å². The predicted molar refractivity (Wildman–Crippen MR) is 118 cm³/mol. The van der Waals surface area contributed by atoms with Gasteiger partial charge in [0.2, 0.25) is 5.91 Å². The van der Waals surface area contributed by atoms with Crippen molar-refractivity contribution in [3.8, 4) is 28.5 Å². The van der Waals surface area contributed by atoms with Gasteiger partial charge >= 0.3 is 0 Å². The second-order valence-electron chi connectivity index (χ2n) is 8.01. The normalized spacial score (nSPS) is 14.8. The Labute approximate surface area is 179 Å². The average molecular weight is 416 g/mol. The molecule has 0 bridgehead atoms. The summed E-state index contributed by atoms with van der Waals surface area (Å²) in [5.41, 5.74) is 10.0. The SMILES string of the molecule is NC(=O)c1ccc2nc(-c3[nH]nc(-c4ccc(CN5CCCCC5)cc4)c3O)[nH]c2c1. The van der Waals surface area contributed by atoms with Crippen molar-refractivity contribution in [2.24, 2.45) is 5.73 Å². The Bertz CT molecular complexity index is 1230. The number of carbonyl (C=O) groups excluding carboxylic acids is 1. The zero-order chi connectivity index (χ0) is 21.4. The molecule has 0 radical (unpaired) electrons. The van der Waals surface area contributed by atoms with Crippen molar-refractivity contribution in [3.05, 3.63) is 53.6 Å². The number of fused-ring (bicyclic) bond motifs is 1. The van der Waals surface area contributed by atoms with Crippen LogP contribution in [0.4, 0.5) is 0 Å². The van der Waals surface area contributed by atoms with E-state index in [1.165, 1.54) is 24.8 Å². The van der Waals surface area contributed by atoms with E-state index in [1.807, 2.05) is 12.1 Å². The lowest BCUT2D eigenvalue weighted by Crippen LogP contribution is -2.28. The fraction of sp³-hybridized carbons (Fsp3) is 0.261. The number of nitrogens with zero attached hydrogens (tertiary/aromatic N) is 3. The summed E-state index contributed by atoms with van der Waals surface area (Å²) in [6.07, 6.45) is 3.87. The number of nitrogens with two attached hydrogens (primary N) is 1. The number of nitrogens with one attached hydrogen (secondary N) is 2. The number of likely N-dealkylation sites (tertiary alicyclic amines) is 1. The number of hydrogen-bond acceptors (Lipinski definition) is 5. The van der Waals surface area contributed by atoms with Gasteiger partial charge in [0.25, 0.3) is 0 Å². The molecule has 3 heterocycles. The van der Waals surface area contributed by atoms with Crippen LogP contribution >= 0.6 is 0 Å². The van der Waals surface area contributed by atoms with Crippen molar-refractivity contribution >= 4 is 16.9 Å². The van der Waals surface area contributed by atoms with Crippen LogP contribution in [0.3, 0.4) is 0 Å². The van der Waals surface area contributed by atoms with Gasteiger partial charge in [-0.2, -0.15) is 5.10 Å². The highest BCUT2D eigenvalue weighted by Crippen LogP contribution is 2.35. The summed E-state index contributed by atoms with van der Waals surface area (Å²) in [5, 5.41) is 18.0. The van der Waals surface area contributed by atoms with Gasteiger partial charge in [-0.3, -0.25) is 14.8 Å². The molecule has 1 saturated heterocycles. The van der Waals surface area contributed by atoms with Crippen molar-refractivity contribution in [1.29, 1.82) is 0 Å². The van der Waals surface area contributed by atoms with Crippen LogP contribution in [0.25, 0.3) is 33.8 Å². The Morgan fingerprint density at radius 1 is 1.10 bits per heavy atom. The maximum absolute atomic E-state index is 11.4. The summed E-state index contributed by atoms with van der Waals surface area (Å²) in [6.45, 7) is 3.26. The van der Waals surface area contributed by atoms with E-state index >= 15 is 0 Å². The molecule has 1 amide bonds. The van der Waals surface area contributed by atoms with Gasteiger partial charge in [0.1, 0.15) is 11.4 Å². The number of primary amides is 1. The van der Waals surface area contributed by atoms with E-state index in [9.17, 15) is 9.90 Å². The van der Waals surface area contributed by atoms with E-state index in [4.69, 9.17) is 5.73 Å². The third-order valence-electron chi connectivity index (χ3n) is 5.83. The lowest BCUT2D eigenvalue weighted by molar-refractivity contribution is 0.100. The molecule has 1 aliphatic rings. The first kappa shape index (κ1) is 19.3. The molecule has 0 atom stereocenters. The molecule has 0 saturated carbocycles. The number of aromatic nitrogens is 4. The number of hydrogen-bond donors (Lipinski definition) is 4. The molecule has 1 fully saturated rings. The molecule has 0 unspecified atom stereocenters. The highest BCUT2D eigenvalue weighted by atomic mass is 16.3. The largest absolute Gasteiger partial charge is 0.504 e. The van der Waals surface area contributed by atoms with Gasteiger partial charge in [0, 0.05) is 17.7 Å². The summed E-state index contributed by atoms with van der Waals surface area (Å²) in [6, 6.07) is 13.1. The Balaban J connectivity index is 1.39. The first-order chi connectivity index (χ1) is 15.1. The van der Waals surface area contributed by atoms with E-state index in [0.717, 1.165) is 25.2 Å². The van der Waals surface area contributed by atoms with E-state index in [1.54, 1.807) is 18.2 Å². The van der Waals surface area contributed by atoms with Gasteiger partial charge in [-0.1, -0.05) is 30.7 Å². The predicted octanol–water partition coefficient (Wildman–Crippen LogP) is 3.41. The molecule has 2 aromatic heterocycles. The van der Waals surface area contributed by atoms with E-state index in [-0.39, 0.29) is 5.75 Å². The Morgan fingerprint density at radius 3 is 2.61 bits per heavy atom. The van der Waals surface area contributed by atoms with E-state index in [2.05, 4.69) is 37.2 Å². The fourth-order valence-corrected chi connectivity index (χ4v) is 4.13. The first-order valence-corrected chi connectivity index (χ1v) is 10.5. The Kier molecular flexibility index (Phi) is 4.91. The maximum Gasteiger partial charge on any atom is 0.248 e. The number of H-pyrrole nitrogens is 2. The molecule has 2 aromatic carbocycles. The molecule has 158 valence electrons. The Hall–Kier alpha value is -3.65. The molecule has 0 aliphatic carbocycles. The van der Waals surface area contributed by atoms with Gasteiger partial charge < -0.3 is 15.8 Å². The van der Waals surface area contributed by atoms with Crippen LogP contribution in [0.1, 0.15) is 35.2 Å². The third-order valence-corrected chi connectivity index (χ3v) is 5.83. The number of rotatable bonds is 5. The highest BCUT2D eigenvalue weighted by molar-refractivity contribution is 5.96. The molecule has 5 N–H and O–H groups in total. The number of aromatic amines is 2. The molecule has 5 rings (SSSR count). The molecule has 8 nitrogen and oxygen atoms in total. The number of benzene rings is 2. The third kappa shape index (κ3) is 3.77. The lowest BCUT2D eigenvalue weighted by atomic mass is 10.1. The summed E-state index contributed by atoms with van der Waals surface area (Å²) in [7, 11) is 0. The zero-order valence-electron chi connectivity index (χ0n) is 17.1. The van der Waals surface area contributed by atoms with Crippen LogP contribution in [-0.2, 0) is 6.54 Å². The summed E-state index contributed by atoms with van der Waals surface area (Å²) in [5.74, 6) is -0.0407. The second kappa shape index (κ2) is 7.88. The highest BCUT2D eigenvalue weighted by Gasteiger charge is 2.19. The number of aromatic hydroxyl groups is 1. The number of piperidine rings is 1. The number of amides is 1. The standard InChI is InChI=1S/C23H24N6O2/c24-22(31)16-8-9-17-18(12-16)26-23(25-17)20-21(30)19(27-28-20)15-6-4-14(5-7-15)13-29-10-2-1-3-11-29/h4-9,12,30H,1-3,10-11,13H2,(H2,24,31)(H,25,26)(H,27,28). The molecule has 8 heteroatoms. The van der Waals surface area contributed by atoms with Crippen LogP contribution in [0.2, 0.25) is 0 Å². The van der Waals surface area contributed by atoms with Crippen LogP contribution in [0.5, 0.6) is 5.75 Å². The van der Waals surface area contributed by atoms with Gasteiger partial charge in [-0.15, -0.1) is 0 Å². The van der Waals surface area contributed by atoms with E-state index in [0.29, 0.717) is 33.8 Å². The van der Waals surface area contributed by atoms with Crippen LogP contribution in [-0.4, -0.2) is 49.2 Å². The molecular formula is C23H24N6O2. The van der Waals surface area contributed by atoms with Crippen LogP contribution < -0.4 is 5.73 Å². The average Bonchev–Trinajstić information content (AvgIpc) is 3.37. The molecule has 1 aliphatic heterocycles. The smallest absolute Gasteiger partial charge is 0.248 e. The lowest BCUT2D eigenvalue weighted by Gasteiger charge is -2.26. The number of carbonyl (C=O) groups is 1. The minimum atomic E-state index is -0.506. The monoisotopic (exact) mass is 416 g/mol. The van der Waals surface area contributed by atoms with E-state index < -0.39 is 5.91 Å². The number of imidazole rings is 1. The van der Waals surface area contributed by atoms with Crippen molar-refractivity contribution in [2.75, 3.05) is 13.1 Å². The Morgan fingerprint density at radius 2 is 1.87 bits per heavy atom. The van der Waals surface area contributed by atoms with Crippen molar-refractivity contribution in [2.45, 2.75) is 25.8 Å². The first-order valence-electron chi connectivity index (χ1n) is 10.5. The van der Waals surface area contributed by atoms with Gasteiger partial charge in [-0.25, -0.2) is 4.98 Å². The second-order valence-corrected chi connectivity index (χ2v) is 8.01. The molecule has 31 heavy (non-hydrogen) atoms. The zero-order valence-corrected chi connectivity index (χ0v) is 17.1. The molecular weight excluding hydrogens is 392 g/mol.